The maximum absolute atomic E-state index is 11.7. The highest BCUT2D eigenvalue weighted by Gasteiger charge is 2.25. The van der Waals surface area contributed by atoms with E-state index in [-0.39, 0.29) is 12.2 Å². The van der Waals surface area contributed by atoms with Crippen molar-refractivity contribution in [3.63, 3.8) is 0 Å². The molecule has 2 aromatic rings. The van der Waals surface area contributed by atoms with Gasteiger partial charge < -0.3 is 15.5 Å². The fourth-order valence-corrected chi connectivity index (χ4v) is 3.42. The Labute approximate surface area is 164 Å². The Morgan fingerprint density at radius 3 is 2.52 bits per heavy atom. The third-order valence-electron chi connectivity index (χ3n) is 4.06. The lowest BCUT2D eigenvalue weighted by Crippen LogP contribution is -2.46. The van der Waals surface area contributed by atoms with Gasteiger partial charge in [0, 0.05) is 18.3 Å². The second kappa shape index (κ2) is 10.1. The highest BCUT2D eigenvalue weighted by Crippen LogP contribution is 2.19. The predicted octanol–water partition coefficient (Wildman–Crippen LogP) is 3.83. The van der Waals surface area contributed by atoms with Gasteiger partial charge in [0.2, 0.25) is 0 Å². The van der Waals surface area contributed by atoms with Crippen LogP contribution in [0.5, 0.6) is 0 Å². The number of carbonyl (C=O) groups is 1. The van der Waals surface area contributed by atoms with Gasteiger partial charge in [-0.3, -0.25) is 10.1 Å². The van der Waals surface area contributed by atoms with Crippen LogP contribution in [0.1, 0.15) is 31.5 Å². The summed E-state index contributed by atoms with van der Waals surface area (Å²) in [4.78, 5) is 16.1. The van der Waals surface area contributed by atoms with E-state index in [1.165, 1.54) is 11.3 Å². The standard InChI is InChI=1S/C20H27N3O3S/c1-13(2)9-17(14(3)24)23-18(19(25)26)10-16-12-27-20(22-16)21-11-15-7-5-4-6-8-15/h4-8,12-13,17-18,23-24H,3,9-11H2,1-2H3,(H,21,22)(H,25,26)/t17?,18-/m0/s1. The molecule has 0 saturated heterocycles. The van der Waals surface area contributed by atoms with Crippen molar-refractivity contribution in [2.24, 2.45) is 5.92 Å². The number of aliphatic hydroxyl groups is 1. The molecule has 7 heteroatoms. The summed E-state index contributed by atoms with van der Waals surface area (Å²) in [5.74, 6) is -0.718. The van der Waals surface area contributed by atoms with Gasteiger partial charge >= 0.3 is 5.97 Å². The van der Waals surface area contributed by atoms with Crippen LogP contribution in [-0.4, -0.2) is 33.3 Å². The molecule has 2 atom stereocenters. The molecule has 4 N–H and O–H groups in total. The van der Waals surface area contributed by atoms with Gasteiger partial charge in [-0.25, -0.2) is 4.98 Å². The molecule has 0 fully saturated rings. The monoisotopic (exact) mass is 389 g/mol. The minimum Gasteiger partial charge on any atom is -0.511 e. The van der Waals surface area contributed by atoms with E-state index in [9.17, 15) is 15.0 Å². The van der Waals surface area contributed by atoms with Crippen molar-refractivity contribution in [3.8, 4) is 0 Å². The molecule has 0 aliphatic carbocycles. The first-order valence-corrected chi connectivity index (χ1v) is 9.82. The Bertz CT molecular complexity index is 746. The summed E-state index contributed by atoms with van der Waals surface area (Å²) in [6, 6.07) is 8.69. The minimum absolute atomic E-state index is 0.0431. The van der Waals surface area contributed by atoms with Gasteiger partial charge in [-0.15, -0.1) is 11.3 Å². The summed E-state index contributed by atoms with van der Waals surface area (Å²) in [6.07, 6.45) is 0.848. The molecule has 0 amide bonds. The molecule has 2 rings (SSSR count). The smallest absolute Gasteiger partial charge is 0.321 e. The Morgan fingerprint density at radius 1 is 1.22 bits per heavy atom. The van der Waals surface area contributed by atoms with E-state index in [2.05, 4.69) is 22.2 Å². The lowest BCUT2D eigenvalue weighted by atomic mass is 10.0. The predicted molar refractivity (Wildman–Crippen MR) is 109 cm³/mol. The quantitative estimate of drug-likeness (QED) is 0.437. The van der Waals surface area contributed by atoms with Crippen LogP contribution in [0, 0.1) is 5.92 Å². The van der Waals surface area contributed by atoms with Gasteiger partial charge in [0.25, 0.3) is 0 Å². The van der Waals surface area contributed by atoms with Gasteiger partial charge in [0.1, 0.15) is 11.8 Å². The van der Waals surface area contributed by atoms with Crippen molar-refractivity contribution in [1.82, 2.24) is 10.3 Å². The SMILES string of the molecule is C=C(O)C(CC(C)C)N[C@@H](Cc1csc(NCc2ccccc2)n1)C(=O)O. The molecule has 1 aromatic heterocycles. The topological polar surface area (TPSA) is 94.5 Å². The van der Waals surface area contributed by atoms with Crippen molar-refractivity contribution in [1.29, 1.82) is 0 Å². The zero-order valence-corrected chi connectivity index (χ0v) is 16.5. The summed E-state index contributed by atoms with van der Waals surface area (Å²) in [5, 5.41) is 28.2. The number of thiazole rings is 1. The largest absolute Gasteiger partial charge is 0.511 e. The summed E-state index contributed by atoms with van der Waals surface area (Å²) in [7, 11) is 0. The Kier molecular flexibility index (Phi) is 7.82. The van der Waals surface area contributed by atoms with E-state index < -0.39 is 18.1 Å². The third kappa shape index (κ3) is 7.03. The molecule has 0 aliphatic heterocycles. The van der Waals surface area contributed by atoms with E-state index >= 15 is 0 Å². The molecule has 1 aromatic carbocycles. The van der Waals surface area contributed by atoms with Gasteiger partial charge in [0.05, 0.1) is 11.7 Å². The summed E-state index contributed by atoms with van der Waals surface area (Å²) in [5.41, 5.74) is 1.85. The van der Waals surface area contributed by atoms with E-state index in [0.717, 1.165) is 10.7 Å². The van der Waals surface area contributed by atoms with Crippen LogP contribution in [0.15, 0.2) is 48.0 Å². The lowest BCUT2D eigenvalue weighted by molar-refractivity contribution is -0.139. The van der Waals surface area contributed by atoms with Gasteiger partial charge in [0.15, 0.2) is 5.13 Å². The molecule has 0 spiro atoms. The number of aromatic nitrogens is 1. The maximum atomic E-state index is 11.7. The van der Waals surface area contributed by atoms with Crippen LogP contribution in [-0.2, 0) is 17.8 Å². The molecular formula is C20H27N3O3S. The second-order valence-electron chi connectivity index (χ2n) is 6.92. The summed E-state index contributed by atoms with van der Waals surface area (Å²) >= 11 is 1.45. The van der Waals surface area contributed by atoms with Crippen molar-refractivity contribution >= 4 is 22.4 Å². The molecule has 1 unspecified atom stereocenters. The third-order valence-corrected chi connectivity index (χ3v) is 4.91. The van der Waals surface area contributed by atoms with Crippen LogP contribution in [0.2, 0.25) is 0 Å². The zero-order chi connectivity index (χ0) is 19.8. The van der Waals surface area contributed by atoms with E-state index in [1.807, 2.05) is 49.6 Å². The van der Waals surface area contributed by atoms with Crippen molar-refractivity contribution in [2.75, 3.05) is 5.32 Å². The number of aliphatic hydroxyl groups excluding tert-OH is 1. The first-order valence-electron chi connectivity index (χ1n) is 8.94. The number of nitrogens with one attached hydrogen (secondary N) is 2. The number of carboxylic acid groups (broad SMARTS) is 1. The van der Waals surface area contributed by atoms with Gasteiger partial charge in [-0.1, -0.05) is 50.8 Å². The number of nitrogens with zero attached hydrogens (tertiary/aromatic N) is 1. The number of anilines is 1. The lowest BCUT2D eigenvalue weighted by Gasteiger charge is -2.23. The number of aliphatic carboxylic acids is 1. The van der Waals surface area contributed by atoms with Crippen LogP contribution in [0.4, 0.5) is 5.13 Å². The Hall–Kier alpha value is -2.38. The molecule has 146 valence electrons. The molecule has 27 heavy (non-hydrogen) atoms. The van der Waals surface area contributed by atoms with Crippen molar-refractivity contribution in [2.45, 2.75) is 45.3 Å². The first-order chi connectivity index (χ1) is 12.8. The van der Waals surface area contributed by atoms with Crippen LogP contribution >= 0.6 is 11.3 Å². The molecule has 0 radical (unpaired) electrons. The number of hydrogen-bond donors (Lipinski definition) is 4. The second-order valence-corrected chi connectivity index (χ2v) is 7.78. The van der Waals surface area contributed by atoms with Crippen LogP contribution in [0.3, 0.4) is 0 Å². The number of benzene rings is 1. The van der Waals surface area contributed by atoms with Crippen molar-refractivity contribution < 1.29 is 15.0 Å². The minimum atomic E-state index is -0.975. The van der Waals surface area contributed by atoms with Crippen LogP contribution in [0.25, 0.3) is 0 Å². The Balaban J connectivity index is 1.96. The normalized spacial score (nSPS) is 13.3. The van der Waals surface area contributed by atoms with E-state index in [0.29, 0.717) is 24.6 Å². The van der Waals surface area contributed by atoms with E-state index in [4.69, 9.17) is 0 Å². The highest BCUT2D eigenvalue weighted by atomic mass is 32.1. The average Bonchev–Trinajstić information content (AvgIpc) is 3.06. The van der Waals surface area contributed by atoms with Crippen LogP contribution < -0.4 is 10.6 Å². The zero-order valence-electron chi connectivity index (χ0n) is 15.7. The fraction of sp³-hybridized carbons (Fsp3) is 0.400. The highest BCUT2D eigenvalue weighted by molar-refractivity contribution is 7.13. The molecule has 6 nitrogen and oxygen atoms in total. The molecule has 0 aliphatic rings. The first kappa shape index (κ1) is 20.9. The number of carboxylic acids is 1. The van der Waals surface area contributed by atoms with Gasteiger partial charge in [-0.05, 0) is 17.9 Å². The molecule has 0 bridgehead atoms. The molecule has 1 heterocycles. The molecule has 0 saturated carbocycles. The number of rotatable bonds is 11. The van der Waals surface area contributed by atoms with Crippen molar-refractivity contribution in [3.05, 3.63) is 59.3 Å². The Morgan fingerprint density at radius 2 is 1.93 bits per heavy atom. The summed E-state index contributed by atoms with van der Waals surface area (Å²) < 4.78 is 0. The van der Waals surface area contributed by atoms with E-state index in [1.54, 1.807) is 0 Å². The molecular weight excluding hydrogens is 362 g/mol. The maximum Gasteiger partial charge on any atom is 0.321 e. The van der Waals surface area contributed by atoms with Gasteiger partial charge in [-0.2, -0.15) is 0 Å². The fourth-order valence-electron chi connectivity index (χ4n) is 2.70. The number of hydrogen-bond acceptors (Lipinski definition) is 6. The summed E-state index contributed by atoms with van der Waals surface area (Å²) in [6.45, 7) is 8.25. The average molecular weight is 390 g/mol.